The Bertz CT molecular complexity index is 666. The number of aryl methyl sites for hydroxylation is 2. The Morgan fingerprint density at radius 3 is 2.83 bits per heavy atom. The minimum absolute atomic E-state index is 0.00130. The van der Waals surface area contributed by atoms with Crippen LogP contribution in [0.4, 0.5) is 0 Å². The molecule has 0 radical (unpaired) electrons. The van der Waals surface area contributed by atoms with Gasteiger partial charge in [-0.3, -0.25) is 4.79 Å². The number of hydrogen-bond acceptors (Lipinski definition) is 2. The largest absolute Gasteiger partial charge is 0.352 e. The smallest absolute Gasteiger partial charge is 0.252 e. The monoisotopic (exact) mass is 325 g/mol. The van der Waals surface area contributed by atoms with Crippen LogP contribution < -0.4 is 5.32 Å². The number of hydrogen-bond donors (Lipinski definition) is 1. The predicted octanol–water partition coefficient (Wildman–Crippen LogP) is 4.64. The SMILES string of the molecule is C=CCSc1ccccc1C(=O)NCCCc1cccc(C)c1. The Kier molecular flexibility index (Phi) is 6.95. The highest BCUT2D eigenvalue weighted by Crippen LogP contribution is 2.22. The molecule has 0 aliphatic carbocycles. The van der Waals surface area contributed by atoms with Crippen LogP contribution in [0.1, 0.15) is 27.9 Å². The highest BCUT2D eigenvalue weighted by Gasteiger charge is 2.10. The highest BCUT2D eigenvalue weighted by molar-refractivity contribution is 7.99. The fraction of sp³-hybridized carbons (Fsp3) is 0.250. The summed E-state index contributed by atoms with van der Waals surface area (Å²) in [4.78, 5) is 13.3. The summed E-state index contributed by atoms with van der Waals surface area (Å²) in [5.41, 5.74) is 3.34. The highest BCUT2D eigenvalue weighted by atomic mass is 32.2. The van der Waals surface area contributed by atoms with E-state index in [1.807, 2.05) is 30.3 Å². The number of nitrogens with one attached hydrogen (secondary N) is 1. The van der Waals surface area contributed by atoms with Gasteiger partial charge in [-0.2, -0.15) is 0 Å². The summed E-state index contributed by atoms with van der Waals surface area (Å²) in [5.74, 6) is 0.805. The topological polar surface area (TPSA) is 29.1 Å². The van der Waals surface area contributed by atoms with Crippen molar-refractivity contribution in [3.8, 4) is 0 Å². The summed E-state index contributed by atoms with van der Waals surface area (Å²) >= 11 is 1.63. The van der Waals surface area contributed by atoms with Crippen LogP contribution in [-0.4, -0.2) is 18.2 Å². The molecule has 0 spiro atoms. The van der Waals surface area contributed by atoms with Crippen molar-refractivity contribution in [2.24, 2.45) is 0 Å². The van der Waals surface area contributed by atoms with Crippen LogP contribution in [0.3, 0.4) is 0 Å². The van der Waals surface area contributed by atoms with Gasteiger partial charge in [-0.1, -0.05) is 48.0 Å². The fourth-order valence-corrected chi connectivity index (χ4v) is 3.17. The molecule has 0 heterocycles. The first kappa shape index (κ1) is 17.4. The molecule has 0 bridgehead atoms. The van der Waals surface area contributed by atoms with Crippen LogP contribution >= 0.6 is 11.8 Å². The maximum atomic E-state index is 12.3. The summed E-state index contributed by atoms with van der Waals surface area (Å²) in [6.07, 6.45) is 3.77. The lowest BCUT2D eigenvalue weighted by Crippen LogP contribution is -2.25. The van der Waals surface area contributed by atoms with Crippen LogP contribution in [0.5, 0.6) is 0 Å². The second-order valence-corrected chi connectivity index (χ2v) is 6.51. The summed E-state index contributed by atoms with van der Waals surface area (Å²) < 4.78 is 0. The normalized spacial score (nSPS) is 10.3. The average Bonchev–Trinajstić information content (AvgIpc) is 2.57. The first-order valence-electron chi connectivity index (χ1n) is 7.87. The third-order valence-corrected chi connectivity index (χ3v) is 4.57. The third kappa shape index (κ3) is 5.61. The van der Waals surface area contributed by atoms with E-state index in [0.717, 1.165) is 29.1 Å². The van der Waals surface area contributed by atoms with Gasteiger partial charge < -0.3 is 5.32 Å². The Balaban J connectivity index is 1.84. The molecule has 1 N–H and O–H groups in total. The molecule has 2 aromatic carbocycles. The molecule has 0 unspecified atom stereocenters. The molecule has 0 saturated heterocycles. The summed E-state index contributed by atoms with van der Waals surface area (Å²) in [7, 11) is 0. The zero-order valence-electron chi connectivity index (χ0n) is 13.5. The van der Waals surface area contributed by atoms with E-state index < -0.39 is 0 Å². The van der Waals surface area contributed by atoms with Crippen molar-refractivity contribution in [1.82, 2.24) is 5.32 Å². The van der Waals surface area contributed by atoms with E-state index in [2.05, 4.69) is 43.1 Å². The van der Waals surface area contributed by atoms with Crippen molar-refractivity contribution in [1.29, 1.82) is 0 Å². The standard InChI is InChI=1S/C20H23NOS/c1-3-14-23-19-12-5-4-11-18(19)20(22)21-13-7-10-17-9-6-8-16(2)15-17/h3-6,8-9,11-12,15H,1,7,10,13-14H2,2H3,(H,21,22). The molecule has 0 atom stereocenters. The summed E-state index contributed by atoms with van der Waals surface area (Å²) in [6.45, 7) is 6.51. The minimum Gasteiger partial charge on any atom is -0.352 e. The lowest BCUT2D eigenvalue weighted by atomic mass is 10.1. The lowest BCUT2D eigenvalue weighted by molar-refractivity contribution is 0.0950. The Morgan fingerprint density at radius 2 is 2.04 bits per heavy atom. The van der Waals surface area contributed by atoms with Gasteiger partial charge in [0, 0.05) is 17.2 Å². The Labute approximate surface area is 143 Å². The number of rotatable bonds is 8. The van der Waals surface area contributed by atoms with Gasteiger partial charge in [0.05, 0.1) is 5.56 Å². The first-order chi connectivity index (χ1) is 11.2. The fourth-order valence-electron chi connectivity index (χ4n) is 2.39. The summed E-state index contributed by atoms with van der Waals surface area (Å²) in [5, 5.41) is 3.02. The van der Waals surface area contributed by atoms with Gasteiger partial charge in [-0.15, -0.1) is 18.3 Å². The third-order valence-electron chi connectivity index (χ3n) is 3.50. The molecule has 2 aromatic rings. The molecule has 0 aliphatic rings. The quantitative estimate of drug-likeness (QED) is 0.435. The lowest BCUT2D eigenvalue weighted by Gasteiger charge is -2.09. The summed E-state index contributed by atoms with van der Waals surface area (Å²) in [6, 6.07) is 16.2. The first-order valence-corrected chi connectivity index (χ1v) is 8.85. The number of carbonyl (C=O) groups excluding carboxylic acids is 1. The molecule has 0 aromatic heterocycles. The second kappa shape index (κ2) is 9.21. The van der Waals surface area contributed by atoms with Gasteiger partial charge in [0.25, 0.3) is 5.91 Å². The molecule has 0 saturated carbocycles. The van der Waals surface area contributed by atoms with Crippen molar-refractivity contribution >= 4 is 17.7 Å². The van der Waals surface area contributed by atoms with Gasteiger partial charge in [0.1, 0.15) is 0 Å². The van der Waals surface area contributed by atoms with Gasteiger partial charge in [0.15, 0.2) is 0 Å². The van der Waals surface area contributed by atoms with Gasteiger partial charge in [-0.25, -0.2) is 0 Å². The number of thioether (sulfide) groups is 1. The number of amides is 1. The van der Waals surface area contributed by atoms with Crippen LogP contribution in [0.15, 0.2) is 66.1 Å². The van der Waals surface area contributed by atoms with Gasteiger partial charge >= 0.3 is 0 Å². The van der Waals surface area contributed by atoms with E-state index in [1.165, 1.54) is 11.1 Å². The van der Waals surface area contributed by atoms with Crippen molar-refractivity contribution in [2.75, 3.05) is 12.3 Å². The molecule has 2 rings (SSSR count). The van der Waals surface area contributed by atoms with Gasteiger partial charge in [0.2, 0.25) is 0 Å². The molecule has 0 fully saturated rings. The average molecular weight is 325 g/mol. The van der Waals surface area contributed by atoms with Gasteiger partial charge in [-0.05, 0) is 37.5 Å². The van der Waals surface area contributed by atoms with Crippen LogP contribution in [0.2, 0.25) is 0 Å². The molecule has 2 nitrogen and oxygen atoms in total. The van der Waals surface area contributed by atoms with Crippen LogP contribution in [-0.2, 0) is 6.42 Å². The van der Waals surface area contributed by atoms with E-state index in [4.69, 9.17) is 0 Å². The molecule has 1 amide bonds. The maximum absolute atomic E-state index is 12.3. The zero-order chi connectivity index (χ0) is 16.5. The van der Waals surface area contributed by atoms with Crippen LogP contribution in [0.25, 0.3) is 0 Å². The number of benzene rings is 2. The van der Waals surface area contributed by atoms with E-state index >= 15 is 0 Å². The molecule has 23 heavy (non-hydrogen) atoms. The molecular formula is C20H23NOS. The zero-order valence-corrected chi connectivity index (χ0v) is 14.4. The van der Waals surface area contributed by atoms with Crippen molar-refractivity contribution in [3.63, 3.8) is 0 Å². The molecular weight excluding hydrogens is 302 g/mol. The molecule has 120 valence electrons. The van der Waals surface area contributed by atoms with Crippen molar-refractivity contribution < 1.29 is 4.79 Å². The second-order valence-electron chi connectivity index (χ2n) is 5.44. The number of carbonyl (C=O) groups is 1. The van der Waals surface area contributed by atoms with E-state index in [0.29, 0.717) is 6.54 Å². The molecule has 3 heteroatoms. The minimum atomic E-state index is 0.00130. The Morgan fingerprint density at radius 1 is 1.22 bits per heavy atom. The van der Waals surface area contributed by atoms with Crippen LogP contribution in [0, 0.1) is 6.92 Å². The molecule has 0 aliphatic heterocycles. The maximum Gasteiger partial charge on any atom is 0.252 e. The van der Waals surface area contributed by atoms with Crippen molar-refractivity contribution in [3.05, 3.63) is 77.9 Å². The van der Waals surface area contributed by atoms with E-state index in [-0.39, 0.29) is 5.91 Å². The van der Waals surface area contributed by atoms with E-state index in [9.17, 15) is 4.79 Å². The Hall–Kier alpha value is -2.00. The van der Waals surface area contributed by atoms with E-state index in [1.54, 1.807) is 11.8 Å². The predicted molar refractivity (Wildman–Crippen MR) is 99.2 cm³/mol. The van der Waals surface area contributed by atoms with Crippen molar-refractivity contribution in [2.45, 2.75) is 24.7 Å².